The topological polar surface area (TPSA) is 115 Å². The summed E-state index contributed by atoms with van der Waals surface area (Å²) in [4.78, 5) is 0. The molecular weight excluding hydrogens is 314 g/mol. The lowest BCUT2D eigenvalue weighted by Crippen LogP contribution is -2.09. The number of phosphoric acid groups is 2. The van der Waals surface area contributed by atoms with Crippen LogP contribution in [0.15, 0.2) is 0 Å². The molecule has 6 aliphatic heterocycles. The molecule has 0 fully saturated rings. The summed E-state index contributed by atoms with van der Waals surface area (Å²) in [6.07, 6.45) is 0. The van der Waals surface area contributed by atoms with Crippen molar-refractivity contribution in [1.82, 2.24) is 10.2 Å². The zero-order chi connectivity index (χ0) is 13.3. The maximum atomic E-state index is 12.3. The molecule has 100 valence electrons. The Morgan fingerprint density at radius 1 is 0.600 bits per heavy atom. The molecule has 10 nitrogen and oxygen atoms in total. The van der Waals surface area contributed by atoms with Crippen molar-refractivity contribution in [2.24, 2.45) is 0 Å². The Hall–Kier alpha value is -2.18. The Morgan fingerprint density at radius 2 is 1.00 bits per heavy atom. The fraction of sp³-hybridized carbons (Fsp3) is 0. The van der Waals surface area contributed by atoms with E-state index in [-0.39, 0.29) is 34.8 Å². The summed E-state index contributed by atoms with van der Waals surface area (Å²) in [5.74, 6) is 0.252. The lowest BCUT2D eigenvalue weighted by atomic mass is 10.1. The molecule has 0 saturated carbocycles. The number of phosphoric ester groups is 2. The molecule has 20 heavy (non-hydrogen) atoms. The monoisotopic (exact) mass is 314 g/mol. The van der Waals surface area contributed by atoms with E-state index in [0.29, 0.717) is 10.8 Å². The first-order valence-corrected chi connectivity index (χ1v) is 8.25. The Bertz CT molecular complexity index is 987. The van der Waals surface area contributed by atoms with Crippen LogP contribution >= 0.6 is 15.6 Å². The van der Waals surface area contributed by atoms with Crippen molar-refractivity contribution in [2.75, 3.05) is 0 Å². The molecule has 0 aliphatic carbocycles. The highest BCUT2D eigenvalue weighted by molar-refractivity contribution is 7.51. The lowest BCUT2D eigenvalue weighted by molar-refractivity contribution is 0.292. The zero-order valence-electron chi connectivity index (χ0n) is 9.05. The van der Waals surface area contributed by atoms with Crippen molar-refractivity contribution in [1.29, 1.82) is 0 Å². The van der Waals surface area contributed by atoms with E-state index in [1.165, 1.54) is 0 Å². The van der Waals surface area contributed by atoms with Gasteiger partial charge >= 0.3 is 15.6 Å². The second-order valence-corrected chi connectivity index (χ2v) is 7.20. The third-order valence-corrected chi connectivity index (χ3v) is 5.61. The molecule has 0 amide bonds. The summed E-state index contributed by atoms with van der Waals surface area (Å²) in [6.45, 7) is 0. The highest BCUT2D eigenvalue weighted by Gasteiger charge is 2.58. The molecule has 8 rings (SSSR count). The van der Waals surface area contributed by atoms with Gasteiger partial charge in [0, 0.05) is 0 Å². The molecular formula is C8N2O8P2. The van der Waals surface area contributed by atoms with Crippen LogP contribution in [0.3, 0.4) is 0 Å². The third-order valence-electron chi connectivity index (χ3n) is 3.19. The maximum Gasteiger partial charge on any atom is 0.649 e. The van der Waals surface area contributed by atoms with Gasteiger partial charge in [-0.3, -0.25) is 0 Å². The Balaban J connectivity index is 1.95. The van der Waals surface area contributed by atoms with Crippen LogP contribution in [0.25, 0.3) is 10.8 Å². The molecule has 12 heteroatoms. The average Bonchev–Trinajstić information content (AvgIpc) is 2.78. The van der Waals surface area contributed by atoms with Gasteiger partial charge in [0.15, 0.2) is 11.5 Å². The normalized spacial score (nSPS) is 32.2. The van der Waals surface area contributed by atoms with Gasteiger partial charge in [0.05, 0.1) is 0 Å². The SMILES string of the molecule is O=P12Oc3c(c4c5c6nnc(c5c3O1)OP(=O)(O6)O4)O2. The lowest BCUT2D eigenvalue weighted by Gasteiger charge is -2.20. The van der Waals surface area contributed by atoms with E-state index < -0.39 is 15.6 Å². The van der Waals surface area contributed by atoms with E-state index in [4.69, 9.17) is 27.1 Å². The Kier molecular flexibility index (Phi) is 1.17. The van der Waals surface area contributed by atoms with Gasteiger partial charge in [0.25, 0.3) is 11.8 Å². The summed E-state index contributed by atoms with van der Waals surface area (Å²) < 4.78 is 55.2. The predicted molar refractivity (Wildman–Crippen MR) is 58.5 cm³/mol. The summed E-state index contributed by atoms with van der Waals surface area (Å²) in [5.41, 5.74) is 0. The van der Waals surface area contributed by atoms with Gasteiger partial charge in [0.1, 0.15) is 10.8 Å². The number of aromatic nitrogens is 2. The van der Waals surface area contributed by atoms with Crippen LogP contribution in [-0.2, 0) is 9.13 Å². The van der Waals surface area contributed by atoms with Crippen LogP contribution in [0.5, 0.6) is 34.8 Å². The van der Waals surface area contributed by atoms with Crippen LogP contribution in [0.1, 0.15) is 0 Å². The summed E-state index contributed by atoms with van der Waals surface area (Å²) in [5, 5.41) is 8.13. The summed E-state index contributed by atoms with van der Waals surface area (Å²) >= 11 is 0. The second kappa shape index (κ2) is 2.41. The van der Waals surface area contributed by atoms with Crippen molar-refractivity contribution in [3.8, 4) is 34.8 Å². The number of hydrogen-bond donors (Lipinski definition) is 0. The van der Waals surface area contributed by atoms with Crippen LogP contribution in [-0.4, -0.2) is 10.2 Å². The van der Waals surface area contributed by atoms with E-state index in [9.17, 15) is 9.13 Å². The van der Waals surface area contributed by atoms with Gasteiger partial charge in [0.2, 0.25) is 11.5 Å². The second-order valence-electron chi connectivity index (χ2n) is 4.32. The smallest absolute Gasteiger partial charge is 0.381 e. The molecule has 0 spiro atoms. The first-order valence-electron chi connectivity index (χ1n) is 5.33. The molecule has 2 atom stereocenters. The highest BCUT2D eigenvalue weighted by Crippen LogP contribution is 2.77. The van der Waals surface area contributed by atoms with E-state index in [0.717, 1.165) is 0 Å². The minimum Gasteiger partial charge on any atom is -0.381 e. The van der Waals surface area contributed by atoms with E-state index in [1.807, 2.05) is 0 Å². The van der Waals surface area contributed by atoms with Crippen molar-refractivity contribution in [2.45, 2.75) is 0 Å². The minimum absolute atomic E-state index is 0.0225. The molecule has 0 saturated heterocycles. The van der Waals surface area contributed by atoms with Crippen molar-refractivity contribution < 1.29 is 36.3 Å². The largest absolute Gasteiger partial charge is 0.649 e. The van der Waals surface area contributed by atoms with Crippen molar-refractivity contribution >= 4 is 26.4 Å². The summed E-state index contributed by atoms with van der Waals surface area (Å²) in [6, 6.07) is 0. The fourth-order valence-electron chi connectivity index (χ4n) is 2.50. The molecule has 6 aliphatic rings. The zero-order valence-corrected chi connectivity index (χ0v) is 10.8. The fourth-order valence-corrected chi connectivity index (χ4v) is 4.98. The first-order chi connectivity index (χ1) is 9.55. The van der Waals surface area contributed by atoms with E-state index in [1.54, 1.807) is 0 Å². The van der Waals surface area contributed by atoms with Crippen LogP contribution in [0, 0.1) is 0 Å². The first kappa shape index (κ1) is 9.68. The van der Waals surface area contributed by atoms with Gasteiger partial charge in [-0.25, -0.2) is 0 Å². The third kappa shape index (κ3) is 0.827. The Morgan fingerprint density at radius 3 is 1.50 bits per heavy atom. The average molecular weight is 314 g/mol. The quantitative estimate of drug-likeness (QED) is 0.670. The molecule has 0 radical (unpaired) electrons. The maximum absolute atomic E-state index is 12.3. The molecule has 2 unspecified atom stereocenters. The van der Waals surface area contributed by atoms with Gasteiger partial charge in [-0.05, 0) is 0 Å². The van der Waals surface area contributed by atoms with E-state index >= 15 is 0 Å². The summed E-state index contributed by atoms with van der Waals surface area (Å²) in [7, 11) is -7.66. The molecule has 2 aromatic rings. The van der Waals surface area contributed by atoms with Gasteiger partial charge in [-0.1, -0.05) is 0 Å². The molecule has 7 heterocycles. The molecule has 0 N–H and O–H groups in total. The van der Waals surface area contributed by atoms with Crippen LogP contribution in [0.4, 0.5) is 0 Å². The highest BCUT2D eigenvalue weighted by atomic mass is 31.2. The van der Waals surface area contributed by atoms with Crippen LogP contribution < -0.4 is 27.1 Å². The number of nitrogens with zero attached hydrogens (tertiary/aromatic N) is 2. The Labute approximate surface area is 108 Å². The minimum atomic E-state index is -3.94. The predicted octanol–water partition coefficient (Wildman–Crippen LogP) is 2.17. The van der Waals surface area contributed by atoms with Gasteiger partial charge in [-0.15, -0.1) is 10.2 Å². The molecule has 8 bridgehead atoms. The molecule has 1 aromatic carbocycles. The number of fused-ring (bicyclic) bond motifs is 2. The standard InChI is InChI=1S/C8N2O8P2/c11-19-13-3-1-2-4(6(16-19)5(3)15-19)14-20(12)17-7(1)9-10-8(2)18-20. The van der Waals surface area contributed by atoms with Crippen molar-refractivity contribution in [3.05, 3.63) is 0 Å². The molecule has 1 aromatic heterocycles. The number of rotatable bonds is 0. The van der Waals surface area contributed by atoms with E-state index in [2.05, 4.69) is 10.2 Å². The van der Waals surface area contributed by atoms with Crippen molar-refractivity contribution in [3.63, 3.8) is 0 Å². The number of benzene rings is 1. The number of hydrogen-bond acceptors (Lipinski definition) is 10. The van der Waals surface area contributed by atoms with Gasteiger partial charge < -0.3 is 27.1 Å². The van der Waals surface area contributed by atoms with Crippen LogP contribution in [0.2, 0.25) is 0 Å². The van der Waals surface area contributed by atoms with Gasteiger partial charge in [-0.2, -0.15) is 9.13 Å².